The number of carbonyl (C=O) groups excluding carboxylic acids is 1. The van der Waals surface area contributed by atoms with E-state index >= 15 is 0 Å². The molecule has 25 heavy (non-hydrogen) atoms. The number of nitrogens with one attached hydrogen (secondary N) is 1. The summed E-state index contributed by atoms with van der Waals surface area (Å²) in [7, 11) is 0. The van der Waals surface area contributed by atoms with Crippen LogP contribution in [0.4, 0.5) is 5.69 Å². The third-order valence-electron chi connectivity index (χ3n) is 4.97. The standard InChI is InChI=1S/C20H23BrN2O.ClH/c21-17-7-5-16(6-8-17)20(12-1-2-13-20)19(24)23-14-11-15-3-9-18(22)10-4-15;/h3-10H,1-2,11-14,22H2,(H,23,24);1H. The van der Waals surface area contributed by atoms with Crippen LogP contribution in [-0.4, -0.2) is 12.5 Å². The maximum absolute atomic E-state index is 13.0. The highest BCUT2D eigenvalue weighted by Crippen LogP contribution is 2.41. The van der Waals surface area contributed by atoms with Crippen LogP contribution in [0.1, 0.15) is 36.8 Å². The van der Waals surface area contributed by atoms with Gasteiger partial charge in [0.2, 0.25) is 5.91 Å². The first-order chi connectivity index (χ1) is 11.6. The van der Waals surface area contributed by atoms with E-state index in [0.717, 1.165) is 47.8 Å². The van der Waals surface area contributed by atoms with Gasteiger partial charge in [-0.3, -0.25) is 4.79 Å². The Kier molecular flexibility index (Phi) is 6.91. The minimum atomic E-state index is -0.359. The van der Waals surface area contributed by atoms with Crippen molar-refractivity contribution in [3.63, 3.8) is 0 Å². The van der Waals surface area contributed by atoms with Crippen LogP contribution in [0.2, 0.25) is 0 Å². The lowest BCUT2D eigenvalue weighted by atomic mass is 9.78. The highest BCUT2D eigenvalue weighted by Gasteiger charge is 2.42. The topological polar surface area (TPSA) is 55.1 Å². The highest BCUT2D eigenvalue weighted by molar-refractivity contribution is 9.10. The summed E-state index contributed by atoms with van der Waals surface area (Å²) in [6, 6.07) is 16.0. The van der Waals surface area contributed by atoms with Gasteiger partial charge >= 0.3 is 0 Å². The molecule has 0 aromatic heterocycles. The molecule has 3 N–H and O–H groups in total. The van der Waals surface area contributed by atoms with Crippen molar-refractivity contribution in [1.29, 1.82) is 0 Å². The number of carbonyl (C=O) groups is 1. The Hall–Kier alpha value is -1.52. The Balaban J connectivity index is 0.00000225. The zero-order valence-corrected chi connectivity index (χ0v) is 16.5. The van der Waals surface area contributed by atoms with Gasteiger partial charge in [0.1, 0.15) is 0 Å². The van der Waals surface area contributed by atoms with Crippen LogP contribution in [-0.2, 0) is 16.6 Å². The van der Waals surface area contributed by atoms with E-state index in [1.165, 1.54) is 5.56 Å². The minimum Gasteiger partial charge on any atom is -0.399 e. The van der Waals surface area contributed by atoms with Crippen molar-refractivity contribution in [3.8, 4) is 0 Å². The molecule has 0 bridgehead atoms. The van der Waals surface area contributed by atoms with Crippen molar-refractivity contribution in [2.24, 2.45) is 0 Å². The number of rotatable bonds is 5. The summed E-state index contributed by atoms with van der Waals surface area (Å²) in [5, 5.41) is 3.16. The van der Waals surface area contributed by atoms with E-state index in [1.54, 1.807) is 0 Å². The molecule has 1 fully saturated rings. The molecule has 2 aromatic carbocycles. The average Bonchev–Trinajstić information content (AvgIpc) is 3.08. The highest BCUT2D eigenvalue weighted by atomic mass is 79.9. The van der Waals surface area contributed by atoms with Crippen LogP contribution >= 0.6 is 28.3 Å². The number of halogens is 2. The first-order valence-electron chi connectivity index (χ1n) is 8.49. The zero-order valence-electron chi connectivity index (χ0n) is 14.1. The molecular formula is C20H24BrClN2O. The van der Waals surface area contributed by atoms with Crippen molar-refractivity contribution >= 4 is 39.9 Å². The molecule has 1 aliphatic rings. The van der Waals surface area contributed by atoms with E-state index in [0.29, 0.717) is 6.54 Å². The number of nitrogen functional groups attached to an aromatic ring is 1. The fourth-order valence-electron chi connectivity index (χ4n) is 3.57. The SMILES string of the molecule is Cl.Nc1ccc(CCNC(=O)C2(c3ccc(Br)cc3)CCCC2)cc1. The molecule has 2 aromatic rings. The largest absolute Gasteiger partial charge is 0.399 e. The number of anilines is 1. The molecule has 1 saturated carbocycles. The molecule has 0 heterocycles. The van der Waals surface area contributed by atoms with Gasteiger partial charge < -0.3 is 11.1 Å². The van der Waals surface area contributed by atoms with Crippen molar-refractivity contribution in [2.45, 2.75) is 37.5 Å². The van der Waals surface area contributed by atoms with Gasteiger partial charge in [0.05, 0.1) is 5.41 Å². The molecule has 0 spiro atoms. The number of hydrogen-bond acceptors (Lipinski definition) is 2. The van der Waals surface area contributed by atoms with Gasteiger partial charge in [-0.25, -0.2) is 0 Å². The molecule has 3 rings (SSSR count). The smallest absolute Gasteiger partial charge is 0.230 e. The lowest BCUT2D eigenvalue weighted by molar-refractivity contribution is -0.126. The third kappa shape index (κ3) is 4.56. The number of nitrogens with two attached hydrogens (primary N) is 1. The first-order valence-corrected chi connectivity index (χ1v) is 9.28. The van der Waals surface area contributed by atoms with Crippen molar-refractivity contribution in [2.75, 3.05) is 12.3 Å². The molecule has 134 valence electrons. The quantitative estimate of drug-likeness (QED) is 0.689. The Morgan fingerprint density at radius 3 is 2.24 bits per heavy atom. The average molecular weight is 424 g/mol. The van der Waals surface area contributed by atoms with E-state index < -0.39 is 0 Å². The Labute approximate surface area is 163 Å². The summed E-state index contributed by atoms with van der Waals surface area (Å²) in [6.07, 6.45) is 4.91. The molecule has 5 heteroatoms. The van der Waals surface area contributed by atoms with Crippen LogP contribution < -0.4 is 11.1 Å². The van der Waals surface area contributed by atoms with Gasteiger partial charge in [-0.15, -0.1) is 12.4 Å². The van der Waals surface area contributed by atoms with Crippen molar-refractivity contribution in [3.05, 3.63) is 64.1 Å². The maximum atomic E-state index is 13.0. The summed E-state index contributed by atoms with van der Waals surface area (Å²) >= 11 is 3.47. The molecule has 3 nitrogen and oxygen atoms in total. The van der Waals surface area contributed by atoms with E-state index in [2.05, 4.69) is 33.4 Å². The van der Waals surface area contributed by atoms with Crippen LogP contribution in [0.25, 0.3) is 0 Å². The van der Waals surface area contributed by atoms with Gasteiger partial charge in [0.25, 0.3) is 0 Å². The predicted octanol–water partition coefficient (Wildman–Crippen LogP) is 4.62. The summed E-state index contributed by atoms with van der Waals surface area (Å²) < 4.78 is 1.04. The summed E-state index contributed by atoms with van der Waals surface area (Å²) in [6.45, 7) is 0.654. The normalized spacial score (nSPS) is 15.4. The lowest BCUT2D eigenvalue weighted by Crippen LogP contribution is -2.43. The molecule has 0 aliphatic heterocycles. The van der Waals surface area contributed by atoms with Gasteiger partial charge in [-0.2, -0.15) is 0 Å². The number of benzene rings is 2. The molecule has 0 atom stereocenters. The molecule has 1 amide bonds. The third-order valence-corrected chi connectivity index (χ3v) is 5.50. The van der Waals surface area contributed by atoms with Crippen LogP contribution in [0.15, 0.2) is 53.0 Å². The first kappa shape index (κ1) is 19.8. The molecular weight excluding hydrogens is 400 g/mol. The van der Waals surface area contributed by atoms with E-state index in [9.17, 15) is 4.79 Å². The lowest BCUT2D eigenvalue weighted by Gasteiger charge is -2.28. The predicted molar refractivity (Wildman–Crippen MR) is 109 cm³/mol. The van der Waals surface area contributed by atoms with Crippen molar-refractivity contribution in [1.82, 2.24) is 5.32 Å². The second-order valence-corrected chi connectivity index (χ2v) is 7.46. The fraction of sp³-hybridized carbons (Fsp3) is 0.350. The van der Waals surface area contributed by atoms with Gasteiger partial charge in [-0.05, 0) is 54.7 Å². The molecule has 0 unspecified atom stereocenters. The summed E-state index contributed by atoms with van der Waals surface area (Å²) in [5.74, 6) is 0.165. The van der Waals surface area contributed by atoms with E-state index in [1.807, 2.05) is 36.4 Å². The molecule has 0 saturated heterocycles. The Bertz CT molecular complexity index is 695. The Morgan fingerprint density at radius 2 is 1.64 bits per heavy atom. The maximum Gasteiger partial charge on any atom is 0.230 e. The van der Waals surface area contributed by atoms with Crippen molar-refractivity contribution < 1.29 is 4.79 Å². The van der Waals surface area contributed by atoms with Crippen LogP contribution in [0.3, 0.4) is 0 Å². The molecule has 1 aliphatic carbocycles. The fourth-order valence-corrected chi connectivity index (χ4v) is 3.83. The van der Waals surface area contributed by atoms with Crippen LogP contribution in [0.5, 0.6) is 0 Å². The summed E-state index contributed by atoms with van der Waals surface area (Å²) in [5.41, 5.74) is 8.43. The minimum absolute atomic E-state index is 0. The number of amides is 1. The second kappa shape index (κ2) is 8.72. The van der Waals surface area contributed by atoms with Gasteiger partial charge in [0.15, 0.2) is 0 Å². The number of hydrogen-bond donors (Lipinski definition) is 2. The molecule has 0 radical (unpaired) electrons. The Morgan fingerprint density at radius 1 is 1.04 bits per heavy atom. The second-order valence-electron chi connectivity index (χ2n) is 6.54. The van der Waals surface area contributed by atoms with Crippen LogP contribution in [0, 0.1) is 0 Å². The van der Waals surface area contributed by atoms with Gasteiger partial charge in [0, 0.05) is 16.7 Å². The summed E-state index contributed by atoms with van der Waals surface area (Å²) in [4.78, 5) is 13.0. The zero-order chi connectivity index (χ0) is 17.0. The van der Waals surface area contributed by atoms with Gasteiger partial charge in [-0.1, -0.05) is 53.0 Å². The monoisotopic (exact) mass is 422 g/mol. The van der Waals surface area contributed by atoms with E-state index in [-0.39, 0.29) is 23.7 Å². The van der Waals surface area contributed by atoms with E-state index in [4.69, 9.17) is 5.73 Å².